The fourth-order valence-electron chi connectivity index (χ4n) is 4.57. The smallest absolute Gasteiger partial charge is 0.410 e. The molecule has 1 aromatic heterocycles. The number of nitrogens with zero attached hydrogens (tertiary/aromatic N) is 2. The number of hydrogen-bond donors (Lipinski definition) is 0. The van der Waals surface area contributed by atoms with Crippen molar-refractivity contribution >= 4 is 39.2 Å². The van der Waals surface area contributed by atoms with Crippen LogP contribution >= 0.6 is 15.9 Å². The molecule has 0 N–H and O–H groups in total. The van der Waals surface area contributed by atoms with E-state index in [1.807, 2.05) is 44.2 Å². The number of likely N-dealkylation sites (tertiary alicyclic amines) is 1. The van der Waals surface area contributed by atoms with Crippen molar-refractivity contribution in [2.45, 2.75) is 32.5 Å². The van der Waals surface area contributed by atoms with Gasteiger partial charge in [-0.3, -0.25) is 4.79 Å². The van der Waals surface area contributed by atoms with E-state index in [4.69, 9.17) is 14.5 Å². The third-order valence-electron chi connectivity index (χ3n) is 6.53. The van der Waals surface area contributed by atoms with Crippen molar-refractivity contribution in [1.82, 2.24) is 9.88 Å². The average Bonchev–Trinajstić information content (AvgIpc) is 2.89. The molecule has 3 aromatic carbocycles. The predicted octanol–water partition coefficient (Wildman–Crippen LogP) is 7.14. The van der Waals surface area contributed by atoms with Gasteiger partial charge in [-0.1, -0.05) is 56.3 Å². The molecule has 1 aliphatic rings. The highest BCUT2D eigenvalue weighted by molar-refractivity contribution is 9.10. The number of pyridine rings is 1. The first-order chi connectivity index (χ1) is 18.3. The van der Waals surface area contributed by atoms with E-state index in [2.05, 4.69) is 15.9 Å². The Morgan fingerprint density at radius 1 is 1.13 bits per heavy atom. The number of aldehydes is 1. The largest absolute Gasteiger partial charge is 0.470 e. The molecule has 38 heavy (non-hydrogen) atoms. The Morgan fingerprint density at radius 3 is 2.50 bits per heavy atom. The van der Waals surface area contributed by atoms with Crippen LogP contribution < -0.4 is 4.74 Å². The minimum atomic E-state index is -0.387. The lowest BCUT2D eigenvalue weighted by molar-refractivity contribution is 0.00645. The number of aromatic nitrogens is 1. The SMILES string of the molecule is CC(C)c1c(OC2CN(C(=O)OCc3ccccc3)C2)nc2cc(Br)c(C=O)cc2c1-c1ccc(F)cc1. The summed E-state index contributed by atoms with van der Waals surface area (Å²) >= 11 is 3.45. The molecule has 194 valence electrons. The van der Waals surface area contributed by atoms with Gasteiger partial charge in [0, 0.05) is 21.0 Å². The molecule has 1 saturated heterocycles. The zero-order valence-electron chi connectivity index (χ0n) is 21.0. The van der Waals surface area contributed by atoms with E-state index in [1.165, 1.54) is 12.1 Å². The van der Waals surface area contributed by atoms with E-state index in [-0.39, 0.29) is 30.5 Å². The molecule has 8 heteroatoms. The number of carbonyl (C=O) groups is 2. The molecule has 1 amide bonds. The molecular formula is C30H26BrFN2O4. The van der Waals surface area contributed by atoms with Gasteiger partial charge in [-0.05, 0) is 62.8 Å². The fourth-order valence-corrected chi connectivity index (χ4v) is 4.99. The number of carbonyl (C=O) groups excluding carboxylic acids is 2. The highest BCUT2D eigenvalue weighted by atomic mass is 79.9. The molecule has 0 atom stereocenters. The van der Waals surface area contributed by atoms with Crippen molar-refractivity contribution in [2.24, 2.45) is 0 Å². The molecule has 0 saturated carbocycles. The number of ether oxygens (including phenoxy) is 2. The van der Waals surface area contributed by atoms with Crippen molar-refractivity contribution < 1.29 is 23.5 Å². The lowest BCUT2D eigenvalue weighted by atomic mass is 9.89. The summed E-state index contributed by atoms with van der Waals surface area (Å²) in [7, 11) is 0. The van der Waals surface area contributed by atoms with Gasteiger partial charge in [0.25, 0.3) is 0 Å². The molecule has 2 heterocycles. The van der Waals surface area contributed by atoms with Crippen LogP contribution in [0.3, 0.4) is 0 Å². The van der Waals surface area contributed by atoms with Gasteiger partial charge in [-0.25, -0.2) is 14.2 Å². The van der Waals surface area contributed by atoms with Crippen LogP contribution in [0.25, 0.3) is 22.0 Å². The molecule has 1 fully saturated rings. The van der Waals surface area contributed by atoms with Gasteiger partial charge in [0.1, 0.15) is 18.5 Å². The number of fused-ring (bicyclic) bond motifs is 1. The molecule has 0 spiro atoms. The van der Waals surface area contributed by atoms with Gasteiger partial charge in [-0.2, -0.15) is 0 Å². The van der Waals surface area contributed by atoms with Crippen molar-refractivity contribution in [2.75, 3.05) is 13.1 Å². The van der Waals surface area contributed by atoms with E-state index < -0.39 is 0 Å². The fraction of sp³-hybridized carbons (Fsp3) is 0.233. The van der Waals surface area contributed by atoms with E-state index in [9.17, 15) is 14.0 Å². The van der Waals surface area contributed by atoms with Crippen molar-refractivity contribution in [3.8, 4) is 17.0 Å². The number of rotatable bonds is 7. The zero-order valence-corrected chi connectivity index (χ0v) is 22.6. The standard InChI is InChI=1S/C30H26BrFN2O4/c1-18(2)27-28(20-8-10-22(32)11-9-20)24-12-21(16-35)25(31)13-26(24)33-29(27)38-23-14-34(15-23)30(36)37-17-19-6-4-3-5-7-19/h3-13,16,18,23H,14-15,17H2,1-2H3. The van der Waals surface area contributed by atoms with Crippen LogP contribution in [0, 0.1) is 5.82 Å². The van der Waals surface area contributed by atoms with Gasteiger partial charge in [-0.15, -0.1) is 0 Å². The van der Waals surface area contributed by atoms with Gasteiger partial charge < -0.3 is 14.4 Å². The first-order valence-corrected chi connectivity index (χ1v) is 13.1. The van der Waals surface area contributed by atoms with E-state index >= 15 is 0 Å². The highest BCUT2D eigenvalue weighted by Crippen LogP contribution is 2.42. The van der Waals surface area contributed by atoms with E-state index in [0.717, 1.165) is 33.9 Å². The Hall–Kier alpha value is -3.78. The van der Waals surface area contributed by atoms with Crippen molar-refractivity contribution in [1.29, 1.82) is 0 Å². The second-order valence-electron chi connectivity index (χ2n) is 9.56. The molecule has 6 nitrogen and oxygen atoms in total. The average molecular weight is 577 g/mol. The second-order valence-corrected chi connectivity index (χ2v) is 10.4. The minimum absolute atomic E-state index is 0.0114. The van der Waals surface area contributed by atoms with Gasteiger partial charge in [0.05, 0.1) is 18.6 Å². The highest BCUT2D eigenvalue weighted by Gasteiger charge is 2.35. The molecule has 0 aliphatic carbocycles. The van der Waals surface area contributed by atoms with Crippen LogP contribution in [-0.4, -0.2) is 41.5 Å². The Morgan fingerprint density at radius 2 is 1.84 bits per heavy atom. The number of halogens is 2. The zero-order chi connectivity index (χ0) is 26.8. The molecule has 1 aliphatic heterocycles. The van der Waals surface area contributed by atoms with Crippen LogP contribution in [-0.2, 0) is 11.3 Å². The summed E-state index contributed by atoms with van der Waals surface area (Å²) in [4.78, 5) is 30.6. The number of amides is 1. The second kappa shape index (κ2) is 10.9. The summed E-state index contributed by atoms with van der Waals surface area (Å²) in [5.74, 6) is 0.136. The first-order valence-electron chi connectivity index (χ1n) is 12.3. The van der Waals surface area contributed by atoms with Crippen LogP contribution in [0.15, 0.2) is 71.2 Å². The summed E-state index contributed by atoms with van der Waals surface area (Å²) in [5.41, 5.74) is 4.55. The molecule has 0 radical (unpaired) electrons. The Labute approximate surface area is 228 Å². The molecule has 0 bridgehead atoms. The Bertz CT molecular complexity index is 1490. The van der Waals surface area contributed by atoms with Crippen LogP contribution in [0.1, 0.15) is 41.3 Å². The summed E-state index contributed by atoms with van der Waals surface area (Å²) in [6.45, 7) is 5.05. The summed E-state index contributed by atoms with van der Waals surface area (Å²) < 4.78 is 26.2. The minimum Gasteiger partial charge on any atom is -0.470 e. The lowest BCUT2D eigenvalue weighted by Crippen LogP contribution is -2.56. The predicted molar refractivity (Wildman–Crippen MR) is 147 cm³/mol. The maximum absolute atomic E-state index is 13.8. The summed E-state index contributed by atoms with van der Waals surface area (Å²) in [6, 6.07) is 19.4. The molecule has 4 aromatic rings. The normalized spacial score (nSPS) is 13.4. The van der Waals surface area contributed by atoms with Gasteiger partial charge >= 0.3 is 6.09 Å². The van der Waals surface area contributed by atoms with Crippen LogP contribution in [0.5, 0.6) is 5.88 Å². The maximum Gasteiger partial charge on any atom is 0.410 e. The number of hydrogen-bond acceptors (Lipinski definition) is 5. The topological polar surface area (TPSA) is 68.7 Å². The van der Waals surface area contributed by atoms with E-state index in [1.54, 1.807) is 29.2 Å². The summed E-state index contributed by atoms with van der Waals surface area (Å²) in [5, 5.41) is 0.776. The van der Waals surface area contributed by atoms with Gasteiger partial charge in [0.15, 0.2) is 6.29 Å². The van der Waals surface area contributed by atoms with Crippen LogP contribution in [0.2, 0.25) is 0 Å². The molecular weight excluding hydrogens is 551 g/mol. The Balaban J connectivity index is 1.44. The summed E-state index contributed by atoms with van der Waals surface area (Å²) in [6.07, 6.45) is 0.152. The molecule has 5 rings (SSSR count). The maximum atomic E-state index is 13.8. The molecule has 0 unspecified atom stereocenters. The van der Waals surface area contributed by atoms with Crippen LogP contribution in [0.4, 0.5) is 9.18 Å². The lowest BCUT2D eigenvalue weighted by Gasteiger charge is -2.38. The third-order valence-corrected chi connectivity index (χ3v) is 7.22. The van der Waals surface area contributed by atoms with Gasteiger partial charge in [0.2, 0.25) is 5.88 Å². The Kier molecular flexibility index (Phi) is 7.42. The third kappa shape index (κ3) is 5.27. The van der Waals surface area contributed by atoms with Crippen molar-refractivity contribution in [3.05, 3.63) is 93.7 Å². The first kappa shape index (κ1) is 25.9. The van der Waals surface area contributed by atoms with Crippen molar-refractivity contribution in [3.63, 3.8) is 0 Å². The quantitative estimate of drug-likeness (QED) is 0.219. The number of benzene rings is 3. The monoisotopic (exact) mass is 576 g/mol. The van der Waals surface area contributed by atoms with E-state index in [0.29, 0.717) is 34.5 Å².